The van der Waals surface area contributed by atoms with Crippen LogP contribution in [0.1, 0.15) is 33.6 Å². The second-order valence-corrected chi connectivity index (χ2v) is 5.01. The third-order valence-corrected chi connectivity index (χ3v) is 3.34. The van der Waals surface area contributed by atoms with Crippen molar-refractivity contribution in [3.8, 4) is 6.07 Å². The van der Waals surface area contributed by atoms with Gasteiger partial charge in [0.25, 0.3) is 0 Å². The van der Waals surface area contributed by atoms with Gasteiger partial charge in [0.1, 0.15) is 0 Å². The molecule has 0 aromatic carbocycles. The van der Waals surface area contributed by atoms with Gasteiger partial charge in [-0.3, -0.25) is 9.80 Å². The Bertz CT molecular complexity index is 288. The molecule has 0 atom stereocenters. The van der Waals surface area contributed by atoms with E-state index in [1.54, 1.807) is 0 Å². The fraction of sp³-hybridized carbons (Fsp3) is 0.786. The zero-order chi connectivity index (χ0) is 12.7. The number of allylic oxidation sites excluding steroid dienone is 1. The smallest absolute Gasteiger partial charge is 0.0957 e. The number of nitrogens with zero attached hydrogens (tertiary/aromatic N) is 3. The van der Waals surface area contributed by atoms with Gasteiger partial charge in [0.15, 0.2) is 0 Å². The molecule has 96 valence electrons. The Balaban J connectivity index is 2.47. The first kappa shape index (κ1) is 14.2. The summed E-state index contributed by atoms with van der Waals surface area (Å²) in [5, 5.41) is 9.04. The van der Waals surface area contributed by atoms with E-state index in [1.165, 1.54) is 13.0 Å². The SMILES string of the molecule is CC/C=C(\C#N)CN1CCCN(C(C)C)CC1. The van der Waals surface area contributed by atoms with Crippen molar-refractivity contribution in [2.24, 2.45) is 0 Å². The molecule has 0 aromatic rings. The Morgan fingerprint density at radius 1 is 1.29 bits per heavy atom. The molecule has 1 aliphatic rings. The molecule has 0 saturated carbocycles. The highest BCUT2D eigenvalue weighted by atomic mass is 15.2. The van der Waals surface area contributed by atoms with E-state index in [4.69, 9.17) is 5.26 Å². The highest BCUT2D eigenvalue weighted by molar-refractivity contribution is 5.22. The first-order valence-electron chi connectivity index (χ1n) is 6.73. The van der Waals surface area contributed by atoms with Crippen molar-refractivity contribution in [2.45, 2.75) is 39.7 Å². The minimum absolute atomic E-state index is 0.636. The lowest BCUT2D eigenvalue weighted by atomic mass is 10.2. The molecule has 0 aromatic heterocycles. The van der Waals surface area contributed by atoms with Crippen LogP contribution in [-0.4, -0.2) is 48.6 Å². The average molecular weight is 235 g/mol. The predicted octanol–water partition coefficient (Wildman–Crippen LogP) is 2.26. The summed E-state index contributed by atoms with van der Waals surface area (Å²) in [6, 6.07) is 2.95. The topological polar surface area (TPSA) is 30.3 Å². The zero-order valence-corrected chi connectivity index (χ0v) is 11.4. The lowest BCUT2D eigenvalue weighted by molar-refractivity contribution is 0.224. The molecule has 1 aliphatic heterocycles. The Morgan fingerprint density at radius 2 is 2.06 bits per heavy atom. The van der Waals surface area contributed by atoms with Crippen LogP contribution in [0.15, 0.2) is 11.6 Å². The molecule has 0 amide bonds. The van der Waals surface area contributed by atoms with Gasteiger partial charge >= 0.3 is 0 Å². The number of hydrogen-bond donors (Lipinski definition) is 0. The normalized spacial score (nSPS) is 20.3. The van der Waals surface area contributed by atoms with E-state index >= 15 is 0 Å². The predicted molar refractivity (Wildman–Crippen MR) is 71.8 cm³/mol. The molecule has 1 saturated heterocycles. The summed E-state index contributed by atoms with van der Waals surface area (Å²) < 4.78 is 0. The van der Waals surface area contributed by atoms with Gasteiger partial charge in [0, 0.05) is 31.2 Å². The molecule has 0 spiro atoms. The van der Waals surface area contributed by atoms with E-state index in [0.717, 1.165) is 38.2 Å². The monoisotopic (exact) mass is 235 g/mol. The molecule has 3 nitrogen and oxygen atoms in total. The summed E-state index contributed by atoms with van der Waals surface area (Å²) in [6.45, 7) is 11.9. The van der Waals surface area contributed by atoms with Crippen LogP contribution in [0.5, 0.6) is 0 Å². The maximum Gasteiger partial charge on any atom is 0.0957 e. The van der Waals surface area contributed by atoms with E-state index in [2.05, 4.69) is 36.6 Å². The van der Waals surface area contributed by atoms with Gasteiger partial charge < -0.3 is 0 Å². The van der Waals surface area contributed by atoms with E-state index in [9.17, 15) is 0 Å². The average Bonchev–Trinajstić information content (AvgIpc) is 2.54. The molecule has 0 N–H and O–H groups in total. The van der Waals surface area contributed by atoms with Crippen molar-refractivity contribution in [3.63, 3.8) is 0 Å². The molecule has 0 radical (unpaired) electrons. The highest BCUT2D eigenvalue weighted by Gasteiger charge is 2.17. The van der Waals surface area contributed by atoms with Gasteiger partial charge in [0.2, 0.25) is 0 Å². The van der Waals surface area contributed by atoms with Crippen LogP contribution >= 0.6 is 0 Å². The molecule has 17 heavy (non-hydrogen) atoms. The molecule has 0 aliphatic carbocycles. The van der Waals surface area contributed by atoms with Crippen LogP contribution in [-0.2, 0) is 0 Å². The van der Waals surface area contributed by atoms with Crippen molar-refractivity contribution >= 4 is 0 Å². The third kappa shape index (κ3) is 4.89. The van der Waals surface area contributed by atoms with Crippen LogP contribution < -0.4 is 0 Å². The largest absolute Gasteiger partial charge is 0.300 e. The minimum atomic E-state index is 0.636. The van der Waals surface area contributed by atoms with Crippen molar-refractivity contribution < 1.29 is 0 Å². The minimum Gasteiger partial charge on any atom is -0.300 e. The summed E-state index contributed by atoms with van der Waals surface area (Å²) in [4.78, 5) is 4.93. The van der Waals surface area contributed by atoms with Gasteiger partial charge in [0.05, 0.1) is 6.07 Å². The lowest BCUT2D eigenvalue weighted by Gasteiger charge is -2.24. The van der Waals surface area contributed by atoms with Crippen LogP contribution in [0.3, 0.4) is 0 Å². The van der Waals surface area contributed by atoms with Crippen molar-refractivity contribution in [1.29, 1.82) is 5.26 Å². The van der Waals surface area contributed by atoms with Crippen LogP contribution in [0.4, 0.5) is 0 Å². The summed E-state index contributed by atoms with van der Waals surface area (Å²) in [7, 11) is 0. The zero-order valence-electron chi connectivity index (χ0n) is 11.4. The van der Waals surface area contributed by atoms with E-state index in [0.29, 0.717) is 6.04 Å². The van der Waals surface area contributed by atoms with Crippen molar-refractivity contribution in [2.75, 3.05) is 32.7 Å². The van der Waals surface area contributed by atoms with Crippen LogP contribution in [0.2, 0.25) is 0 Å². The Kier molecular flexibility index (Phi) is 6.25. The van der Waals surface area contributed by atoms with Crippen LogP contribution in [0.25, 0.3) is 0 Å². The van der Waals surface area contributed by atoms with E-state index < -0.39 is 0 Å². The van der Waals surface area contributed by atoms with Crippen molar-refractivity contribution in [3.05, 3.63) is 11.6 Å². The highest BCUT2D eigenvalue weighted by Crippen LogP contribution is 2.08. The number of rotatable bonds is 4. The van der Waals surface area contributed by atoms with Gasteiger partial charge in [-0.1, -0.05) is 13.0 Å². The summed E-state index contributed by atoms with van der Waals surface area (Å²) >= 11 is 0. The fourth-order valence-corrected chi connectivity index (χ4v) is 2.30. The fourth-order valence-electron chi connectivity index (χ4n) is 2.30. The maximum absolute atomic E-state index is 9.04. The summed E-state index contributed by atoms with van der Waals surface area (Å²) in [5.41, 5.74) is 0.922. The molecule has 0 bridgehead atoms. The molecule has 1 rings (SSSR count). The number of hydrogen-bond acceptors (Lipinski definition) is 3. The Labute approximate surface area is 106 Å². The first-order chi connectivity index (χ1) is 8.17. The molecular weight excluding hydrogens is 210 g/mol. The van der Waals surface area contributed by atoms with Gasteiger partial charge in [-0.15, -0.1) is 0 Å². The standard InChI is InChI=1S/C14H25N3/c1-4-6-14(11-15)12-16-7-5-8-17(10-9-16)13(2)3/h6,13H,4-5,7-10,12H2,1-3H3/b14-6+. The Morgan fingerprint density at radius 3 is 2.65 bits per heavy atom. The molecule has 1 heterocycles. The van der Waals surface area contributed by atoms with Gasteiger partial charge in [-0.2, -0.15) is 5.26 Å². The van der Waals surface area contributed by atoms with E-state index in [-0.39, 0.29) is 0 Å². The lowest BCUT2D eigenvalue weighted by Crippen LogP contribution is -2.35. The second-order valence-electron chi connectivity index (χ2n) is 5.01. The van der Waals surface area contributed by atoms with Crippen molar-refractivity contribution in [1.82, 2.24) is 9.80 Å². The summed E-state index contributed by atoms with van der Waals surface area (Å²) in [5.74, 6) is 0. The quantitative estimate of drug-likeness (QED) is 0.700. The maximum atomic E-state index is 9.04. The van der Waals surface area contributed by atoms with Gasteiger partial charge in [-0.05, 0) is 39.8 Å². The Hall–Kier alpha value is -0.850. The molecule has 0 unspecified atom stereocenters. The molecule has 1 fully saturated rings. The molecular formula is C14H25N3. The molecule has 3 heteroatoms. The summed E-state index contributed by atoms with van der Waals surface area (Å²) in [6.07, 6.45) is 4.21. The van der Waals surface area contributed by atoms with Gasteiger partial charge in [-0.25, -0.2) is 0 Å². The van der Waals surface area contributed by atoms with Crippen LogP contribution in [0, 0.1) is 11.3 Å². The number of nitriles is 1. The third-order valence-electron chi connectivity index (χ3n) is 3.34. The van der Waals surface area contributed by atoms with E-state index in [1.807, 2.05) is 6.08 Å². The first-order valence-corrected chi connectivity index (χ1v) is 6.73. The second kappa shape index (κ2) is 7.47.